The average molecular weight is 250 g/mol. The quantitative estimate of drug-likeness (QED) is 0.790. The van der Waals surface area contributed by atoms with Crippen molar-refractivity contribution in [1.82, 2.24) is 9.88 Å². The number of aromatic nitrogens is 1. The third-order valence-corrected chi connectivity index (χ3v) is 3.37. The lowest BCUT2D eigenvalue weighted by molar-refractivity contribution is 0.204. The molecule has 0 saturated carbocycles. The van der Waals surface area contributed by atoms with Gasteiger partial charge in [-0.05, 0) is 24.6 Å². The first-order valence-corrected chi connectivity index (χ1v) is 6.56. The third kappa shape index (κ3) is 3.41. The average Bonchev–Trinajstić information content (AvgIpc) is 2.65. The fourth-order valence-electron chi connectivity index (χ4n) is 2.29. The van der Waals surface area contributed by atoms with Crippen LogP contribution in [0.1, 0.15) is 12.0 Å². The SMILES string of the molecule is NCc1ccc(N2CCCN(CCO)CC2)nc1. The van der Waals surface area contributed by atoms with Crippen LogP contribution >= 0.6 is 0 Å². The summed E-state index contributed by atoms with van der Waals surface area (Å²) in [6, 6.07) is 4.09. The molecule has 18 heavy (non-hydrogen) atoms. The Bertz CT molecular complexity index is 355. The smallest absolute Gasteiger partial charge is 0.128 e. The molecule has 0 aliphatic carbocycles. The summed E-state index contributed by atoms with van der Waals surface area (Å²) in [4.78, 5) is 9.07. The number of aliphatic hydroxyl groups is 1. The van der Waals surface area contributed by atoms with E-state index < -0.39 is 0 Å². The van der Waals surface area contributed by atoms with Crippen LogP contribution in [0.2, 0.25) is 0 Å². The molecule has 2 rings (SSSR count). The Hall–Kier alpha value is -1.17. The highest BCUT2D eigenvalue weighted by molar-refractivity contribution is 5.39. The van der Waals surface area contributed by atoms with Gasteiger partial charge in [-0.1, -0.05) is 6.07 Å². The van der Waals surface area contributed by atoms with E-state index >= 15 is 0 Å². The molecule has 1 aliphatic rings. The van der Waals surface area contributed by atoms with E-state index in [0.717, 1.165) is 50.5 Å². The Labute approximate surface area is 108 Å². The first kappa shape index (κ1) is 13.3. The number of hydrogen-bond donors (Lipinski definition) is 2. The van der Waals surface area contributed by atoms with Crippen molar-refractivity contribution in [2.75, 3.05) is 44.2 Å². The number of anilines is 1. The number of nitrogens with zero attached hydrogens (tertiary/aromatic N) is 3. The number of β-amino-alcohol motifs (C(OH)–C–C–N with tert-alkyl or cyclic N) is 1. The van der Waals surface area contributed by atoms with E-state index in [1.165, 1.54) is 0 Å². The monoisotopic (exact) mass is 250 g/mol. The summed E-state index contributed by atoms with van der Waals surface area (Å²) < 4.78 is 0. The molecule has 100 valence electrons. The predicted molar refractivity (Wildman–Crippen MR) is 72.5 cm³/mol. The normalized spacial score (nSPS) is 17.8. The number of pyridine rings is 1. The molecule has 1 aromatic heterocycles. The second-order valence-corrected chi connectivity index (χ2v) is 4.63. The maximum absolute atomic E-state index is 8.97. The Balaban J connectivity index is 1.96. The van der Waals surface area contributed by atoms with Crippen molar-refractivity contribution in [1.29, 1.82) is 0 Å². The highest BCUT2D eigenvalue weighted by Gasteiger charge is 2.15. The molecule has 1 fully saturated rings. The van der Waals surface area contributed by atoms with E-state index in [-0.39, 0.29) is 6.61 Å². The zero-order chi connectivity index (χ0) is 12.8. The van der Waals surface area contributed by atoms with Gasteiger partial charge in [-0.3, -0.25) is 4.90 Å². The van der Waals surface area contributed by atoms with Crippen LogP contribution in [0, 0.1) is 0 Å². The van der Waals surface area contributed by atoms with Gasteiger partial charge in [0.2, 0.25) is 0 Å². The second kappa shape index (κ2) is 6.68. The maximum Gasteiger partial charge on any atom is 0.128 e. The summed E-state index contributed by atoms with van der Waals surface area (Å²) in [5.74, 6) is 1.03. The lowest BCUT2D eigenvalue weighted by Crippen LogP contribution is -2.32. The van der Waals surface area contributed by atoms with Crippen LogP contribution < -0.4 is 10.6 Å². The zero-order valence-electron chi connectivity index (χ0n) is 10.8. The van der Waals surface area contributed by atoms with Crippen LogP contribution in [0.15, 0.2) is 18.3 Å². The fraction of sp³-hybridized carbons (Fsp3) is 0.615. The van der Waals surface area contributed by atoms with Crippen molar-refractivity contribution in [3.63, 3.8) is 0 Å². The minimum atomic E-state index is 0.240. The van der Waals surface area contributed by atoms with Gasteiger partial charge >= 0.3 is 0 Å². The number of rotatable bonds is 4. The lowest BCUT2D eigenvalue weighted by atomic mass is 10.3. The third-order valence-electron chi connectivity index (χ3n) is 3.37. The molecular weight excluding hydrogens is 228 g/mol. The standard InChI is InChI=1S/C13H22N4O/c14-10-12-2-3-13(15-11-12)17-5-1-4-16(6-7-17)8-9-18/h2-3,11,18H,1,4-10,14H2. The molecule has 1 saturated heterocycles. The molecule has 1 aromatic rings. The fourth-order valence-corrected chi connectivity index (χ4v) is 2.29. The van der Waals surface area contributed by atoms with E-state index in [4.69, 9.17) is 10.8 Å². The van der Waals surface area contributed by atoms with Gasteiger partial charge in [0.1, 0.15) is 5.82 Å². The summed E-state index contributed by atoms with van der Waals surface area (Å²) in [7, 11) is 0. The molecular formula is C13H22N4O. The van der Waals surface area contributed by atoms with Crippen LogP contribution in [-0.4, -0.2) is 54.3 Å². The molecule has 5 nitrogen and oxygen atoms in total. The molecule has 0 aromatic carbocycles. The predicted octanol–water partition coefficient (Wildman–Crippen LogP) is 0.0447. The van der Waals surface area contributed by atoms with E-state index in [9.17, 15) is 0 Å². The van der Waals surface area contributed by atoms with Gasteiger partial charge in [-0.2, -0.15) is 0 Å². The van der Waals surface area contributed by atoms with Gasteiger partial charge in [-0.15, -0.1) is 0 Å². The van der Waals surface area contributed by atoms with E-state index in [1.54, 1.807) is 0 Å². The highest BCUT2D eigenvalue weighted by atomic mass is 16.3. The molecule has 0 unspecified atom stereocenters. The van der Waals surface area contributed by atoms with Gasteiger partial charge in [-0.25, -0.2) is 4.98 Å². The van der Waals surface area contributed by atoms with Gasteiger partial charge in [0, 0.05) is 38.9 Å². The minimum absolute atomic E-state index is 0.240. The Morgan fingerprint density at radius 2 is 2.11 bits per heavy atom. The molecule has 1 aliphatic heterocycles. The zero-order valence-corrected chi connectivity index (χ0v) is 10.8. The molecule has 0 amide bonds. The minimum Gasteiger partial charge on any atom is -0.395 e. The molecule has 0 radical (unpaired) electrons. The summed E-state index contributed by atoms with van der Waals surface area (Å²) in [6.07, 6.45) is 2.96. The van der Waals surface area contributed by atoms with Crippen LogP contribution in [0.3, 0.4) is 0 Å². The number of aliphatic hydroxyl groups excluding tert-OH is 1. The van der Waals surface area contributed by atoms with Gasteiger partial charge in [0.05, 0.1) is 6.61 Å². The van der Waals surface area contributed by atoms with E-state index in [2.05, 4.69) is 14.8 Å². The largest absolute Gasteiger partial charge is 0.395 e. The van der Waals surface area contributed by atoms with Crippen molar-refractivity contribution in [3.8, 4) is 0 Å². The van der Waals surface area contributed by atoms with Crippen molar-refractivity contribution in [3.05, 3.63) is 23.9 Å². The van der Waals surface area contributed by atoms with E-state index in [0.29, 0.717) is 6.54 Å². The topological polar surface area (TPSA) is 65.6 Å². The number of hydrogen-bond acceptors (Lipinski definition) is 5. The second-order valence-electron chi connectivity index (χ2n) is 4.63. The Morgan fingerprint density at radius 3 is 2.78 bits per heavy atom. The number of nitrogens with two attached hydrogens (primary N) is 1. The molecule has 3 N–H and O–H groups in total. The van der Waals surface area contributed by atoms with Crippen LogP contribution in [0.5, 0.6) is 0 Å². The highest BCUT2D eigenvalue weighted by Crippen LogP contribution is 2.14. The van der Waals surface area contributed by atoms with Crippen LogP contribution in [-0.2, 0) is 6.54 Å². The first-order chi connectivity index (χ1) is 8.83. The van der Waals surface area contributed by atoms with Gasteiger partial charge in [0.25, 0.3) is 0 Å². The van der Waals surface area contributed by atoms with Crippen molar-refractivity contribution in [2.24, 2.45) is 5.73 Å². The van der Waals surface area contributed by atoms with Crippen molar-refractivity contribution < 1.29 is 5.11 Å². The Morgan fingerprint density at radius 1 is 1.22 bits per heavy atom. The maximum atomic E-state index is 8.97. The molecule has 2 heterocycles. The summed E-state index contributed by atoms with van der Waals surface area (Å²) >= 11 is 0. The van der Waals surface area contributed by atoms with Crippen LogP contribution in [0.4, 0.5) is 5.82 Å². The lowest BCUT2D eigenvalue weighted by Gasteiger charge is -2.22. The Kier molecular flexibility index (Phi) is 4.92. The van der Waals surface area contributed by atoms with Crippen molar-refractivity contribution in [2.45, 2.75) is 13.0 Å². The molecule has 0 bridgehead atoms. The van der Waals surface area contributed by atoms with Gasteiger partial charge in [0.15, 0.2) is 0 Å². The molecule has 0 atom stereocenters. The molecule has 5 heteroatoms. The first-order valence-electron chi connectivity index (χ1n) is 6.56. The summed E-state index contributed by atoms with van der Waals surface area (Å²) in [5.41, 5.74) is 6.64. The van der Waals surface area contributed by atoms with Crippen molar-refractivity contribution >= 4 is 5.82 Å². The van der Waals surface area contributed by atoms with Gasteiger partial charge < -0.3 is 15.7 Å². The summed E-state index contributed by atoms with van der Waals surface area (Å²) in [5, 5.41) is 8.97. The molecule has 0 spiro atoms. The van der Waals surface area contributed by atoms with E-state index in [1.807, 2.05) is 18.3 Å². The van der Waals surface area contributed by atoms with Crippen LogP contribution in [0.25, 0.3) is 0 Å². The summed E-state index contributed by atoms with van der Waals surface area (Å²) in [6.45, 7) is 5.58.